The lowest BCUT2D eigenvalue weighted by Crippen LogP contribution is -2.20. The van der Waals surface area contributed by atoms with Crippen molar-refractivity contribution in [1.82, 2.24) is 5.43 Å². The monoisotopic (exact) mass is 531 g/mol. The molecule has 3 rings (SSSR count). The maximum absolute atomic E-state index is 12.6. The molecule has 0 aliphatic rings. The highest BCUT2D eigenvalue weighted by Gasteiger charge is 2.12. The fourth-order valence-corrected chi connectivity index (χ4v) is 3.39. The summed E-state index contributed by atoms with van der Waals surface area (Å²) < 4.78 is 22.5. The van der Waals surface area contributed by atoms with E-state index in [1.54, 1.807) is 42.5 Å². The fraction of sp³-hybridized carbons (Fsp3) is 0.233. The van der Waals surface area contributed by atoms with Gasteiger partial charge in [-0.25, -0.2) is 5.43 Å². The van der Waals surface area contributed by atoms with Crippen molar-refractivity contribution in [3.63, 3.8) is 0 Å². The Morgan fingerprint density at radius 3 is 2.21 bits per heavy atom. The van der Waals surface area contributed by atoms with Crippen LogP contribution in [0.25, 0.3) is 0 Å². The number of benzene rings is 3. The van der Waals surface area contributed by atoms with Crippen molar-refractivity contribution in [2.24, 2.45) is 5.10 Å². The van der Waals surface area contributed by atoms with Crippen molar-refractivity contribution in [2.45, 2.75) is 20.8 Å². The lowest BCUT2D eigenvalue weighted by Gasteiger charge is -2.13. The molecule has 0 aliphatic carbocycles. The Morgan fingerprint density at radius 2 is 1.51 bits per heavy atom. The molecular weight excluding hydrogens is 498 g/mol. The number of rotatable bonds is 14. The van der Waals surface area contributed by atoms with E-state index >= 15 is 0 Å². The maximum atomic E-state index is 12.6. The second-order valence-electron chi connectivity index (χ2n) is 8.24. The van der Waals surface area contributed by atoms with Gasteiger partial charge in [-0.3, -0.25) is 9.59 Å². The van der Waals surface area contributed by atoms with Gasteiger partial charge < -0.3 is 24.3 Å². The molecule has 3 aromatic rings. The predicted octanol–water partition coefficient (Wildman–Crippen LogP) is 5.14. The van der Waals surface area contributed by atoms with Gasteiger partial charge in [-0.15, -0.1) is 0 Å². The molecule has 0 bridgehead atoms. The van der Waals surface area contributed by atoms with E-state index in [0.717, 1.165) is 5.56 Å². The zero-order valence-corrected chi connectivity index (χ0v) is 22.4. The minimum Gasteiger partial charge on any atom is -0.490 e. The van der Waals surface area contributed by atoms with Crippen molar-refractivity contribution >= 4 is 23.7 Å². The van der Waals surface area contributed by atoms with Gasteiger partial charge in [-0.2, -0.15) is 5.10 Å². The van der Waals surface area contributed by atoms with Crippen molar-refractivity contribution in [3.05, 3.63) is 90.0 Å². The second-order valence-corrected chi connectivity index (χ2v) is 8.24. The van der Waals surface area contributed by atoms with E-state index in [1.807, 2.05) is 45.0 Å². The summed E-state index contributed by atoms with van der Waals surface area (Å²) in [4.78, 5) is 24.9. The molecule has 39 heavy (non-hydrogen) atoms. The third kappa shape index (κ3) is 8.92. The first-order chi connectivity index (χ1) is 18.9. The van der Waals surface area contributed by atoms with Gasteiger partial charge in [-0.05, 0) is 74.9 Å². The average molecular weight is 532 g/mol. The zero-order chi connectivity index (χ0) is 28.0. The molecule has 0 aromatic heterocycles. The Labute approximate surface area is 228 Å². The number of hydrogen-bond donors (Lipinski definition) is 2. The summed E-state index contributed by atoms with van der Waals surface area (Å²) in [5.41, 5.74) is 5.33. The Kier molecular flexibility index (Phi) is 10.9. The number of carbonyl (C=O) groups excluding carboxylic acids is 2. The molecule has 0 aliphatic heterocycles. The molecule has 0 saturated carbocycles. The van der Waals surface area contributed by atoms with Crippen LogP contribution in [0.5, 0.6) is 23.0 Å². The Morgan fingerprint density at radius 1 is 0.846 bits per heavy atom. The first-order valence-electron chi connectivity index (χ1n) is 12.5. The molecule has 9 heteroatoms. The van der Waals surface area contributed by atoms with Crippen molar-refractivity contribution in [3.8, 4) is 23.0 Å². The van der Waals surface area contributed by atoms with Crippen LogP contribution in [0, 0.1) is 6.92 Å². The van der Waals surface area contributed by atoms with Gasteiger partial charge in [0.2, 0.25) is 0 Å². The van der Waals surface area contributed by atoms with Crippen molar-refractivity contribution in [1.29, 1.82) is 0 Å². The fourth-order valence-electron chi connectivity index (χ4n) is 3.39. The van der Waals surface area contributed by atoms with E-state index in [2.05, 4.69) is 22.4 Å². The van der Waals surface area contributed by atoms with E-state index in [-0.39, 0.29) is 12.5 Å². The van der Waals surface area contributed by atoms with Crippen LogP contribution < -0.4 is 29.7 Å². The predicted molar refractivity (Wildman–Crippen MR) is 151 cm³/mol. The molecule has 3 aromatic carbocycles. The molecule has 0 atom stereocenters. The van der Waals surface area contributed by atoms with Crippen LogP contribution in [0.3, 0.4) is 0 Å². The average Bonchev–Trinajstić information content (AvgIpc) is 2.93. The van der Waals surface area contributed by atoms with E-state index in [1.165, 1.54) is 6.21 Å². The Bertz CT molecular complexity index is 1300. The number of hydrogen-bond acceptors (Lipinski definition) is 7. The van der Waals surface area contributed by atoms with Crippen LogP contribution in [0.15, 0.2) is 78.4 Å². The van der Waals surface area contributed by atoms with Gasteiger partial charge in [0, 0.05) is 11.3 Å². The lowest BCUT2D eigenvalue weighted by molar-refractivity contribution is -0.118. The first kappa shape index (κ1) is 28.8. The summed E-state index contributed by atoms with van der Waals surface area (Å²) in [6.07, 6.45) is 3.11. The van der Waals surface area contributed by atoms with Crippen LogP contribution in [-0.2, 0) is 4.79 Å². The minimum absolute atomic E-state index is 0.182. The molecule has 204 valence electrons. The zero-order valence-electron chi connectivity index (χ0n) is 22.4. The van der Waals surface area contributed by atoms with Gasteiger partial charge in [0.15, 0.2) is 29.6 Å². The summed E-state index contributed by atoms with van der Waals surface area (Å²) in [5, 5.41) is 6.85. The van der Waals surface area contributed by atoms with Crippen LogP contribution in [-0.4, -0.2) is 44.5 Å². The molecule has 0 unspecified atom stereocenters. The maximum Gasteiger partial charge on any atom is 0.271 e. The Hall–Kier alpha value is -4.79. The molecule has 0 radical (unpaired) electrons. The number of hydrazone groups is 1. The van der Waals surface area contributed by atoms with E-state index in [4.69, 9.17) is 18.9 Å². The largest absolute Gasteiger partial charge is 0.490 e. The van der Waals surface area contributed by atoms with Gasteiger partial charge in [-0.1, -0.05) is 30.4 Å². The number of ether oxygens (including phenoxy) is 4. The highest BCUT2D eigenvalue weighted by molar-refractivity contribution is 5.95. The number of aryl methyl sites for hydroxylation is 1. The van der Waals surface area contributed by atoms with Crippen molar-refractivity contribution < 1.29 is 28.5 Å². The van der Waals surface area contributed by atoms with Crippen LogP contribution in [0.4, 0.5) is 5.69 Å². The normalized spacial score (nSPS) is 10.5. The minimum atomic E-state index is -0.410. The Balaban J connectivity index is 1.61. The quantitative estimate of drug-likeness (QED) is 0.170. The van der Waals surface area contributed by atoms with E-state index < -0.39 is 5.91 Å². The first-order valence-corrected chi connectivity index (χ1v) is 12.5. The summed E-state index contributed by atoms with van der Waals surface area (Å²) >= 11 is 0. The topological polar surface area (TPSA) is 107 Å². The van der Waals surface area contributed by atoms with Crippen LogP contribution in [0.1, 0.15) is 35.3 Å². The summed E-state index contributed by atoms with van der Waals surface area (Å²) in [7, 11) is 0. The highest BCUT2D eigenvalue weighted by atomic mass is 16.5. The standard InChI is InChI=1S/C30H33N3O6/c1-5-16-38-25-15-11-23(18-28(25)37-7-3)30(35)33-31-19-22-10-14-26(27(17-22)36-6-2)39-20-29(34)32-24-12-8-21(4)9-13-24/h5,8-15,17-19H,1,6-7,16,20H2,2-4H3,(H,32,34)(H,33,35)/b31-19+. The SMILES string of the molecule is C=CCOc1ccc(C(=O)N/N=C/c2ccc(OCC(=O)Nc3ccc(C)cc3)c(OCC)c2)cc1OCC. The molecule has 0 heterocycles. The molecule has 2 N–H and O–H groups in total. The second kappa shape index (κ2) is 14.8. The number of anilines is 1. The summed E-state index contributed by atoms with van der Waals surface area (Å²) in [6.45, 7) is 10.3. The van der Waals surface area contributed by atoms with Gasteiger partial charge >= 0.3 is 0 Å². The third-order valence-corrected chi connectivity index (χ3v) is 5.20. The summed E-state index contributed by atoms with van der Waals surface area (Å²) in [6, 6.07) is 17.5. The summed E-state index contributed by atoms with van der Waals surface area (Å²) in [5.74, 6) is 1.15. The molecule has 0 spiro atoms. The number of carbonyl (C=O) groups is 2. The molecule has 0 fully saturated rings. The van der Waals surface area contributed by atoms with Crippen LogP contribution in [0.2, 0.25) is 0 Å². The lowest BCUT2D eigenvalue weighted by atomic mass is 10.2. The molecular formula is C30H33N3O6. The van der Waals surface area contributed by atoms with Gasteiger partial charge in [0.05, 0.1) is 19.4 Å². The highest BCUT2D eigenvalue weighted by Crippen LogP contribution is 2.29. The molecule has 9 nitrogen and oxygen atoms in total. The number of nitrogens with zero attached hydrogens (tertiary/aromatic N) is 1. The molecule has 2 amide bonds. The van der Waals surface area contributed by atoms with E-state index in [9.17, 15) is 9.59 Å². The smallest absolute Gasteiger partial charge is 0.271 e. The van der Waals surface area contributed by atoms with Crippen LogP contribution >= 0.6 is 0 Å². The van der Waals surface area contributed by atoms with Crippen molar-refractivity contribution in [2.75, 3.05) is 31.7 Å². The third-order valence-electron chi connectivity index (χ3n) is 5.20. The number of nitrogens with one attached hydrogen (secondary N) is 2. The molecule has 0 saturated heterocycles. The van der Waals surface area contributed by atoms with Gasteiger partial charge in [0.25, 0.3) is 11.8 Å². The van der Waals surface area contributed by atoms with Gasteiger partial charge in [0.1, 0.15) is 6.61 Å². The van der Waals surface area contributed by atoms with E-state index in [0.29, 0.717) is 59.6 Å². The number of amides is 2.